The molecule has 0 unspecified atom stereocenters. The van der Waals surface area contributed by atoms with E-state index in [9.17, 15) is 9.59 Å². The van der Waals surface area contributed by atoms with Crippen LogP contribution in [0.2, 0.25) is 0 Å². The van der Waals surface area contributed by atoms with Gasteiger partial charge in [-0.25, -0.2) is 0 Å². The van der Waals surface area contributed by atoms with Crippen LogP contribution >= 0.6 is 0 Å². The van der Waals surface area contributed by atoms with E-state index in [1.54, 1.807) is 0 Å². The monoisotopic (exact) mass is 272 g/mol. The Labute approximate surface area is 116 Å². The highest BCUT2D eigenvalue weighted by Gasteiger charge is 2.26. The first kappa shape index (κ1) is 17.9. The number of hydrogen-bond acceptors (Lipinski definition) is 3. The van der Waals surface area contributed by atoms with Gasteiger partial charge in [-0.2, -0.15) is 0 Å². The van der Waals surface area contributed by atoms with Crippen LogP contribution in [0, 0.1) is 0 Å². The quantitative estimate of drug-likeness (QED) is 0.742. The molecule has 0 aromatic rings. The summed E-state index contributed by atoms with van der Waals surface area (Å²) in [6.07, 6.45) is 0.894. The number of carbonyl (C=O) groups is 2. The highest BCUT2D eigenvalue weighted by Crippen LogP contribution is 2.14. The van der Waals surface area contributed by atoms with E-state index in [1.165, 1.54) is 0 Å². The van der Waals surface area contributed by atoms with Crippen molar-refractivity contribution in [3.8, 4) is 0 Å². The molecule has 0 bridgehead atoms. The minimum Gasteiger partial charge on any atom is -0.481 e. The molecule has 5 heteroatoms. The number of carboxylic acids is 1. The fourth-order valence-electron chi connectivity index (χ4n) is 1.56. The molecule has 0 aliphatic heterocycles. The molecule has 0 spiro atoms. The average Bonchev–Trinajstić information content (AvgIpc) is 2.21. The van der Waals surface area contributed by atoms with Gasteiger partial charge in [-0.05, 0) is 41.0 Å². The first-order valence-electron chi connectivity index (χ1n) is 6.76. The van der Waals surface area contributed by atoms with E-state index in [2.05, 4.69) is 5.32 Å². The lowest BCUT2D eigenvalue weighted by atomic mass is 10.0. The Balaban J connectivity index is 4.56. The molecule has 2 N–H and O–H groups in total. The Morgan fingerprint density at radius 1 is 1.16 bits per heavy atom. The standard InChI is InChI=1S/C14H28N2O3/c1-7-14(5,6)15-11(17)10-16(13(2,3)4)9-8-12(18)19/h7-10H2,1-6H3,(H,15,17)(H,18,19). The number of hydrogen-bond donors (Lipinski definition) is 2. The number of nitrogens with one attached hydrogen (secondary N) is 1. The predicted molar refractivity (Wildman–Crippen MR) is 76.1 cm³/mol. The number of amides is 1. The first-order valence-corrected chi connectivity index (χ1v) is 6.76. The van der Waals surface area contributed by atoms with Crippen LogP contribution < -0.4 is 5.32 Å². The van der Waals surface area contributed by atoms with E-state index in [4.69, 9.17) is 5.11 Å². The molecule has 0 aliphatic rings. The van der Waals surface area contributed by atoms with Crippen molar-refractivity contribution in [2.75, 3.05) is 13.1 Å². The highest BCUT2D eigenvalue weighted by atomic mass is 16.4. The molecule has 0 heterocycles. The smallest absolute Gasteiger partial charge is 0.304 e. The van der Waals surface area contributed by atoms with E-state index >= 15 is 0 Å². The summed E-state index contributed by atoms with van der Waals surface area (Å²) >= 11 is 0. The summed E-state index contributed by atoms with van der Waals surface area (Å²) in [4.78, 5) is 24.6. The largest absolute Gasteiger partial charge is 0.481 e. The van der Waals surface area contributed by atoms with Gasteiger partial charge in [0, 0.05) is 17.6 Å². The molecular formula is C14H28N2O3. The third kappa shape index (κ3) is 7.82. The maximum atomic E-state index is 12.0. The van der Waals surface area contributed by atoms with Gasteiger partial charge in [0.15, 0.2) is 0 Å². The summed E-state index contributed by atoms with van der Waals surface area (Å²) in [5.74, 6) is -0.907. The van der Waals surface area contributed by atoms with Crippen LogP contribution in [0.25, 0.3) is 0 Å². The molecule has 0 saturated heterocycles. The lowest BCUT2D eigenvalue weighted by Gasteiger charge is -2.36. The Morgan fingerprint density at radius 3 is 2.05 bits per heavy atom. The second kappa shape index (κ2) is 6.89. The van der Waals surface area contributed by atoms with Crippen LogP contribution in [-0.2, 0) is 9.59 Å². The fourth-order valence-corrected chi connectivity index (χ4v) is 1.56. The topological polar surface area (TPSA) is 69.6 Å². The molecule has 0 saturated carbocycles. The SMILES string of the molecule is CCC(C)(C)NC(=O)CN(CCC(=O)O)C(C)(C)C. The Morgan fingerprint density at radius 2 is 1.68 bits per heavy atom. The van der Waals surface area contributed by atoms with Gasteiger partial charge in [-0.15, -0.1) is 0 Å². The summed E-state index contributed by atoms with van der Waals surface area (Å²) < 4.78 is 0. The molecule has 112 valence electrons. The molecule has 0 aromatic carbocycles. The van der Waals surface area contributed by atoms with E-state index in [0.29, 0.717) is 6.54 Å². The summed E-state index contributed by atoms with van der Waals surface area (Å²) in [5.41, 5.74) is -0.462. The zero-order valence-corrected chi connectivity index (χ0v) is 13.0. The second-order valence-corrected chi connectivity index (χ2v) is 6.52. The minimum atomic E-state index is -0.844. The highest BCUT2D eigenvalue weighted by molar-refractivity contribution is 5.79. The van der Waals surface area contributed by atoms with Crippen LogP contribution in [-0.4, -0.2) is 46.1 Å². The number of rotatable bonds is 7. The van der Waals surface area contributed by atoms with Gasteiger partial charge in [0.25, 0.3) is 0 Å². The van der Waals surface area contributed by atoms with Crippen molar-refractivity contribution in [2.45, 2.75) is 65.5 Å². The van der Waals surface area contributed by atoms with Crippen molar-refractivity contribution in [2.24, 2.45) is 0 Å². The van der Waals surface area contributed by atoms with Crippen LogP contribution in [0.5, 0.6) is 0 Å². The molecule has 0 fully saturated rings. The summed E-state index contributed by atoms with van der Waals surface area (Å²) in [5, 5.41) is 11.7. The van der Waals surface area contributed by atoms with Crippen LogP contribution in [0.15, 0.2) is 0 Å². The number of nitrogens with zero attached hydrogens (tertiary/aromatic N) is 1. The zero-order valence-electron chi connectivity index (χ0n) is 13.0. The van der Waals surface area contributed by atoms with Gasteiger partial charge in [-0.3, -0.25) is 14.5 Å². The van der Waals surface area contributed by atoms with Crippen molar-refractivity contribution in [1.29, 1.82) is 0 Å². The van der Waals surface area contributed by atoms with E-state index in [-0.39, 0.29) is 30.0 Å². The van der Waals surface area contributed by atoms with Gasteiger partial charge in [0.2, 0.25) is 5.91 Å². The second-order valence-electron chi connectivity index (χ2n) is 6.52. The molecule has 0 atom stereocenters. The normalized spacial score (nSPS) is 12.6. The van der Waals surface area contributed by atoms with Crippen molar-refractivity contribution in [3.63, 3.8) is 0 Å². The molecular weight excluding hydrogens is 244 g/mol. The van der Waals surface area contributed by atoms with Gasteiger partial charge in [0.1, 0.15) is 0 Å². The van der Waals surface area contributed by atoms with Gasteiger partial charge in [-0.1, -0.05) is 6.92 Å². The molecule has 1 amide bonds. The lowest BCUT2D eigenvalue weighted by molar-refractivity contribution is -0.138. The fraction of sp³-hybridized carbons (Fsp3) is 0.857. The third-order valence-corrected chi connectivity index (χ3v) is 3.24. The van der Waals surface area contributed by atoms with E-state index < -0.39 is 5.97 Å². The molecule has 0 aliphatic carbocycles. The number of aliphatic carboxylic acids is 1. The zero-order chi connectivity index (χ0) is 15.3. The van der Waals surface area contributed by atoms with Gasteiger partial charge < -0.3 is 10.4 Å². The van der Waals surface area contributed by atoms with Crippen LogP contribution in [0.3, 0.4) is 0 Å². The summed E-state index contributed by atoms with van der Waals surface area (Å²) in [7, 11) is 0. The Hall–Kier alpha value is -1.10. The summed E-state index contributed by atoms with van der Waals surface area (Å²) in [6, 6.07) is 0. The maximum Gasteiger partial charge on any atom is 0.304 e. The summed E-state index contributed by atoms with van der Waals surface area (Å²) in [6.45, 7) is 12.5. The number of carboxylic acid groups (broad SMARTS) is 1. The van der Waals surface area contributed by atoms with E-state index in [0.717, 1.165) is 6.42 Å². The average molecular weight is 272 g/mol. The Kier molecular flexibility index (Phi) is 6.49. The van der Waals surface area contributed by atoms with Crippen molar-refractivity contribution >= 4 is 11.9 Å². The van der Waals surface area contributed by atoms with Gasteiger partial charge >= 0.3 is 5.97 Å². The molecule has 5 nitrogen and oxygen atoms in total. The van der Waals surface area contributed by atoms with Crippen LogP contribution in [0.4, 0.5) is 0 Å². The van der Waals surface area contributed by atoms with Gasteiger partial charge in [0.05, 0.1) is 13.0 Å². The lowest BCUT2D eigenvalue weighted by Crippen LogP contribution is -2.52. The number of carbonyl (C=O) groups excluding carboxylic acids is 1. The van der Waals surface area contributed by atoms with Crippen molar-refractivity contribution in [3.05, 3.63) is 0 Å². The molecule has 0 rings (SSSR count). The molecule has 0 aromatic heterocycles. The van der Waals surface area contributed by atoms with Crippen LogP contribution in [0.1, 0.15) is 54.4 Å². The van der Waals surface area contributed by atoms with E-state index in [1.807, 2.05) is 46.4 Å². The van der Waals surface area contributed by atoms with Crippen molar-refractivity contribution in [1.82, 2.24) is 10.2 Å². The third-order valence-electron chi connectivity index (χ3n) is 3.24. The molecule has 19 heavy (non-hydrogen) atoms. The Bertz CT molecular complexity index is 319. The van der Waals surface area contributed by atoms with Crippen molar-refractivity contribution < 1.29 is 14.7 Å². The predicted octanol–water partition coefficient (Wildman–Crippen LogP) is 1.87. The minimum absolute atomic E-state index is 0.0434. The molecule has 0 radical (unpaired) electrons. The maximum absolute atomic E-state index is 12.0. The first-order chi connectivity index (χ1) is 8.48.